The molecule has 0 fully saturated rings. The molecule has 1 aromatic rings. The van der Waals surface area contributed by atoms with Crippen LogP contribution in [0.15, 0.2) is 12.1 Å². The minimum Gasteiger partial charge on any atom is -0.391 e. The van der Waals surface area contributed by atoms with E-state index in [0.717, 1.165) is 12.1 Å². The summed E-state index contributed by atoms with van der Waals surface area (Å²) >= 11 is 0. The summed E-state index contributed by atoms with van der Waals surface area (Å²) in [6.07, 6.45) is 0. The summed E-state index contributed by atoms with van der Waals surface area (Å²) in [6.45, 7) is 0.465. The average Bonchev–Trinajstić information content (AvgIpc) is 2.10. The van der Waals surface area contributed by atoms with Crippen molar-refractivity contribution in [1.82, 2.24) is 0 Å². The Balaban J connectivity index is 3.14. The number of aliphatic hydroxyl groups excluding tert-OH is 1. The molecule has 0 aromatic heterocycles. The van der Waals surface area contributed by atoms with E-state index in [0.29, 0.717) is 0 Å². The second-order valence-electron chi connectivity index (χ2n) is 2.73. The molecule has 0 saturated heterocycles. The van der Waals surface area contributed by atoms with Crippen LogP contribution >= 0.6 is 0 Å². The third-order valence-corrected chi connectivity index (χ3v) is 1.65. The Kier molecular flexibility index (Phi) is 3.14. The number of halogens is 2. The third-order valence-electron chi connectivity index (χ3n) is 1.65. The molecular formula is C9H9F2NO2. The van der Waals surface area contributed by atoms with E-state index in [1.54, 1.807) is 0 Å². The topological polar surface area (TPSA) is 49.3 Å². The molecule has 0 heterocycles. The fourth-order valence-corrected chi connectivity index (χ4v) is 1.03. The summed E-state index contributed by atoms with van der Waals surface area (Å²) in [4.78, 5) is 10.6. The van der Waals surface area contributed by atoms with Gasteiger partial charge >= 0.3 is 0 Å². The molecule has 0 spiro atoms. The third kappa shape index (κ3) is 2.05. The first-order valence-electron chi connectivity index (χ1n) is 3.91. The van der Waals surface area contributed by atoms with E-state index < -0.39 is 29.7 Å². The highest BCUT2D eigenvalue weighted by Crippen LogP contribution is 2.20. The van der Waals surface area contributed by atoms with Crippen LogP contribution in [0.1, 0.15) is 12.5 Å². The zero-order valence-corrected chi connectivity index (χ0v) is 7.47. The van der Waals surface area contributed by atoms with E-state index in [-0.39, 0.29) is 5.69 Å². The van der Waals surface area contributed by atoms with E-state index in [9.17, 15) is 13.6 Å². The number of nitrogens with one attached hydrogen (secondary N) is 1. The van der Waals surface area contributed by atoms with Crippen molar-refractivity contribution in [3.8, 4) is 0 Å². The van der Waals surface area contributed by atoms with Crippen molar-refractivity contribution in [1.29, 1.82) is 0 Å². The SMILES string of the molecule is CC(=O)Nc1ccc(F)c(CO)c1F. The van der Waals surface area contributed by atoms with E-state index in [4.69, 9.17) is 5.11 Å². The maximum Gasteiger partial charge on any atom is 0.221 e. The van der Waals surface area contributed by atoms with Crippen molar-refractivity contribution >= 4 is 11.6 Å². The predicted molar refractivity (Wildman–Crippen MR) is 46.6 cm³/mol. The Labute approximate surface area is 79.4 Å². The maximum atomic E-state index is 13.3. The standard InChI is InChI=1S/C9H9F2NO2/c1-5(14)12-8-3-2-7(10)6(4-13)9(8)11/h2-3,13H,4H2,1H3,(H,12,14). The zero-order valence-electron chi connectivity index (χ0n) is 7.47. The fraction of sp³-hybridized carbons (Fsp3) is 0.222. The fourth-order valence-electron chi connectivity index (χ4n) is 1.03. The molecule has 0 atom stereocenters. The van der Waals surface area contributed by atoms with Gasteiger partial charge in [0, 0.05) is 6.92 Å². The summed E-state index contributed by atoms with van der Waals surface area (Å²) in [7, 11) is 0. The van der Waals surface area contributed by atoms with Crippen LogP contribution in [0.4, 0.5) is 14.5 Å². The van der Waals surface area contributed by atoms with Gasteiger partial charge in [0.25, 0.3) is 0 Å². The Morgan fingerprint density at radius 1 is 1.50 bits per heavy atom. The second-order valence-corrected chi connectivity index (χ2v) is 2.73. The maximum absolute atomic E-state index is 13.3. The number of aliphatic hydroxyl groups is 1. The number of carbonyl (C=O) groups excluding carboxylic acids is 1. The first kappa shape index (κ1) is 10.6. The first-order valence-corrected chi connectivity index (χ1v) is 3.91. The van der Waals surface area contributed by atoms with Crippen LogP contribution in [-0.2, 0) is 11.4 Å². The number of anilines is 1. The van der Waals surface area contributed by atoms with E-state index in [2.05, 4.69) is 5.32 Å². The van der Waals surface area contributed by atoms with Gasteiger partial charge in [-0.25, -0.2) is 8.78 Å². The van der Waals surface area contributed by atoms with Crippen molar-refractivity contribution in [3.05, 3.63) is 29.3 Å². The van der Waals surface area contributed by atoms with Gasteiger partial charge in [-0.15, -0.1) is 0 Å². The zero-order chi connectivity index (χ0) is 10.7. The summed E-state index contributed by atoms with van der Waals surface area (Å²) in [5.41, 5.74) is -0.584. The van der Waals surface area contributed by atoms with Gasteiger partial charge in [0.15, 0.2) is 5.82 Å². The molecule has 2 N–H and O–H groups in total. The number of hydrogen-bond acceptors (Lipinski definition) is 2. The van der Waals surface area contributed by atoms with Crippen molar-refractivity contribution < 1.29 is 18.7 Å². The van der Waals surface area contributed by atoms with Gasteiger partial charge in [0.05, 0.1) is 17.9 Å². The molecule has 0 aliphatic rings. The van der Waals surface area contributed by atoms with Crippen LogP contribution in [-0.4, -0.2) is 11.0 Å². The molecule has 0 unspecified atom stereocenters. The molecule has 1 amide bonds. The Hall–Kier alpha value is -1.49. The summed E-state index contributed by atoms with van der Waals surface area (Å²) < 4.78 is 26.1. The van der Waals surface area contributed by atoms with E-state index >= 15 is 0 Å². The average molecular weight is 201 g/mol. The first-order chi connectivity index (χ1) is 6.56. The van der Waals surface area contributed by atoms with Crippen LogP contribution in [0.5, 0.6) is 0 Å². The molecule has 0 aliphatic heterocycles. The van der Waals surface area contributed by atoms with Crippen molar-refractivity contribution in [2.75, 3.05) is 5.32 Å². The van der Waals surface area contributed by atoms with Gasteiger partial charge in [-0.3, -0.25) is 4.79 Å². The monoisotopic (exact) mass is 201 g/mol. The van der Waals surface area contributed by atoms with Crippen molar-refractivity contribution in [3.63, 3.8) is 0 Å². The summed E-state index contributed by atoms with van der Waals surface area (Å²) in [5, 5.41) is 10.8. The Morgan fingerprint density at radius 2 is 2.14 bits per heavy atom. The molecule has 1 aromatic carbocycles. The highest BCUT2D eigenvalue weighted by atomic mass is 19.1. The lowest BCUT2D eigenvalue weighted by Gasteiger charge is -2.07. The smallest absolute Gasteiger partial charge is 0.221 e. The molecule has 14 heavy (non-hydrogen) atoms. The van der Waals surface area contributed by atoms with Crippen LogP contribution in [0.2, 0.25) is 0 Å². The number of rotatable bonds is 2. The van der Waals surface area contributed by atoms with Crippen molar-refractivity contribution in [2.24, 2.45) is 0 Å². The molecule has 0 aliphatic carbocycles. The lowest BCUT2D eigenvalue weighted by molar-refractivity contribution is -0.114. The van der Waals surface area contributed by atoms with Gasteiger partial charge in [0.1, 0.15) is 5.82 Å². The summed E-state index contributed by atoms with van der Waals surface area (Å²) in [6, 6.07) is 2.09. The number of benzene rings is 1. The van der Waals surface area contributed by atoms with Crippen LogP contribution in [0.3, 0.4) is 0 Å². The Morgan fingerprint density at radius 3 is 2.64 bits per heavy atom. The minimum absolute atomic E-state index is 0.136. The van der Waals surface area contributed by atoms with Gasteiger partial charge in [0.2, 0.25) is 5.91 Å². The molecule has 1 rings (SSSR count). The van der Waals surface area contributed by atoms with Crippen molar-refractivity contribution in [2.45, 2.75) is 13.5 Å². The molecule has 0 radical (unpaired) electrons. The molecule has 0 saturated carbocycles. The Bertz CT molecular complexity index is 366. The molecule has 76 valence electrons. The quantitative estimate of drug-likeness (QED) is 0.760. The molecular weight excluding hydrogens is 192 g/mol. The molecule has 0 bridgehead atoms. The van der Waals surface area contributed by atoms with Gasteiger partial charge in [-0.1, -0.05) is 0 Å². The van der Waals surface area contributed by atoms with Crippen LogP contribution in [0, 0.1) is 11.6 Å². The highest BCUT2D eigenvalue weighted by molar-refractivity contribution is 5.88. The summed E-state index contributed by atoms with van der Waals surface area (Å²) in [5.74, 6) is -2.23. The van der Waals surface area contributed by atoms with Gasteiger partial charge in [-0.05, 0) is 12.1 Å². The number of carbonyl (C=O) groups is 1. The van der Waals surface area contributed by atoms with Gasteiger partial charge < -0.3 is 10.4 Å². The predicted octanol–water partition coefficient (Wildman–Crippen LogP) is 1.42. The largest absolute Gasteiger partial charge is 0.391 e. The lowest BCUT2D eigenvalue weighted by atomic mass is 10.2. The lowest BCUT2D eigenvalue weighted by Crippen LogP contribution is -2.09. The molecule has 5 heteroatoms. The van der Waals surface area contributed by atoms with Gasteiger partial charge in [-0.2, -0.15) is 0 Å². The number of hydrogen-bond donors (Lipinski definition) is 2. The number of amides is 1. The highest BCUT2D eigenvalue weighted by Gasteiger charge is 2.13. The normalized spacial score (nSPS) is 10.0. The van der Waals surface area contributed by atoms with E-state index in [1.165, 1.54) is 6.92 Å². The minimum atomic E-state index is -0.942. The van der Waals surface area contributed by atoms with Crippen LogP contribution < -0.4 is 5.32 Å². The van der Waals surface area contributed by atoms with E-state index in [1.807, 2.05) is 0 Å². The second kappa shape index (κ2) is 4.15. The molecule has 3 nitrogen and oxygen atoms in total. The van der Waals surface area contributed by atoms with Crippen LogP contribution in [0.25, 0.3) is 0 Å².